The summed E-state index contributed by atoms with van der Waals surface area (Å²) >= 11 is 3.29. The highest BCUT2D eigenvalue weighted by molar-refractivity contribution is 9.10. The predicted octanol–water partition coefficient (Wildman–Crippen LogP) is 1.99. The van der Waals surface area contributed by atoms with Gasteiger partial charge in [-0.3, -0.25) is 0 Å². The Labute approximate surface area is 88.9 Å². The monoisotopic (exact) mass is 253 g/mol. The van der Waals surface area contributed by atoms with Crippen molar-refractivity contribution in [2.75, 3.05) is 5.73 Å². The van der Waals surface area contributed by atoms with Crippen LogP contribution >= 0.6 is 15.9 Å². The van der Waals surface area contributed by atoms with Crippen LogP contribution in [-0.2, 0) is 0 Å². The van der Waals surface area contributed by atoms with Crippen LogP contribution in [-0.4, -0.2) is 15.1 Å². The molecule has 0 saturated carbocycles. The average Bonchev–Trinajstić information content (AvgIpc) is 2.07. The molecule has 1 aromatic heterocycles. The summed E-state index contributed by atoms with van der Waals surface area (Å²) < 4.78 is 0.791. The smallest absolute Gasteiger partial charge is 0.220 e. The maximum absolute atomic E-state index is 9.63. The normalized spacial score (nSPS) is 10.7. The lowest BCUT2D eigenvalue weighted by molar-refractivity contribution is 0.480. The van der Waals surface area contributed by atoms with Gasteiger partial charge < -0.3 is 10.8 Å². The standard InChI is InChI=1S/C9H8BrN3O/c1-4-6-2-5(10)3-7(14)8(6)13-9(11)12-4/h2-3,14H,1H3,(H2,11,12,13). The summed E-state index contributed by atoms with van der Waals surface area (Å²) in [5, 5.41) is 10.4. The van der Waals surface area contributed by atoms with Gasteiger partial charge in [0.2, 0.25) is 5.95 Å². The summed E-state index contributed by atoms with van der Waals surface area (Å²) in [5.41, 5.74) is 6.72. The van der Waals surface area contributed by atoms with Crippen molar-refractivity contribution in [3.8, 4) is 5.75 Å². The number of hydrogen-bond donors (Lipinski definition) is 2. The van der Waals surface area contributed by atoms with Crippen LogP contribution in [0.4, 0.5) is 5.95 Å². The first-order chi connectivity index (χ1) is 6.58. The van der Waals surface area contributed by atoms with Gasteiger partial charge in [0.25, 0.3) is 0 Å². The molecule has 0 saturated heterocycles. The number of phenolic OH excluding ortho intramolecular Hbond substituents is 1. The number of fused-ring (bicyclic) bond motifs is 1. The van der Waals surface area contributed by atoms with E-state index in [1.807, 2.05) is 13.0 Å². The minimum absolute atomic E-state index is 0.103. The van der Waals surface area contributed by atoms with E-state index in [1.54, 1.807) is 6.07 Å². The van der Waals surface area contributed by atoms with E-state index in [9.17, 15) is 5.11 Å². The van der Waals surface area contributed by atoms with Crippen LogP contribution in [0.1, 0.15) is 5.69 Å². The lowest BCUT2D eigenvalue weighted by Gasteiger charge is -2.04. The van der Waals surface area contributed by atoms with Crippen LogP contribution < -0.4 is 5.73 Å². The second-order valence-corrected chi connectivity index (χ2v) is 3.90. The Morgan fingerprint density at radius 3 is 2.79 bits per heavy atom. The molecule has 0 spiro atoms. The number of nitrogens with zero attached hydrogens (tertiary/aromatic N) is 2. The zero-order valence-electron chi connectivity index (χ0n) is 7.45. The number of benzene rings is 1. The molecule has 0 bridgehead atoms. The number of nitrogens with two attached hydrogens (primary N) is 1. The van der Waals surface area contributed by atoms with E-state index in [1.165, 1.54) is 0 Å². The third-order valence-corrected chi connectivity index (χ3v) is 2.41. The van der Waals surface area contributed by atoms with Gasteiger partial charge in [0.15, 0.2) is 0 Å². The van der Waals surface area contributed by atoms with Gasteiger partial charge in [0, 0.05) is 9.86 Å². The number of hydrogen-bond acceptors (Lipinski definition) is 4. The van der Waals surface area contributed by atoms with Gasteiger partial charge in [-0.25, -0.2) is 9.97 Å². The maximum atomic E-state index is 9.63. The zero-order chi connectivity index (χ0) is 10.3. The number of anilines is 1. The highest BCUT2D eigenvalue weighted by Crippen LogP contribution is 2.29. The molecule has 0 unspecified atom stereocenters. The van der Waals surface area contributed by atoms with Crippen LogP contribution in [0.5, 0.6) is 5.75 Å². The molecule has 5 heteroatoms. The lowest BCUT2D eigenvalue weighted by Crippen LogP contribution is -1.97. The van der Waals surface area contributed by atoms with E-state index in [4.69, 9.17) is 5.73 Å². The number of nitrogen functional groups attached to an aromatic ring is 1. The second kappa shape index (κ2) is 3.09. The van der Waals surface area contributed by atoms with E-state index in [2.05, 4.69) is 25.9 Å². The Morgan fingerprint density at radius 1 is 1.36 bits per heavy atom. The lowest BCUT2D eigenvalue weighted by atomic mass is 10.2. The molecule has 0 aliphatic carbocycles. The number of halogens is 1. The summed E-state index contributed by atoms with van der Waals surface area (Å²) in [6, 6.07) is 3.43. The van der Waals surface area contributed by atoms with Crippen molar-refractivity contribution < 1.29 is 5.11 Å². The van der Waals surface area contributed by atoms with Crippen molar-refractivity contribution in [1.82, 2.24) is 9.97 Å². The maximum Gasteiger partial charge on any atom is 0.220 e. The number of rotatable bonds is 0. The fraction of sp³-hybridized carbons (Fsp3) is 0.111. The third-order valence-electron chi connectivity index (χ3n) is 1.95. The molecule has 1 aromatic carbocycles. The molecule has 3 N–H and O–H groups in total. The number of aromatic hydroxyl groups is 1. The van der Waals surface area contributed by atoms with Gasteiger partial charge in [-0.1, -0.05) is 15.9 Å². The average molecular weight is 254 g/mol. The van der Waals surface area contributed by atoms with E-state index in [0.717, 1.165) is 15.6 Å². The molecule has 0 aliphatic heterocycles. The largest absolute Gasteiger partial charge is 0.506 e. The first kappa shape index (κ1) is 9.21. The van der Waals surface area contributed by atoms with Crippen LogP contribution in [0.15, 0.2) is 16.6 Å². The quantitative estimate of drug-likeness (QED) is 0.754. The zero-order valence-corrected chi connectivity index (χ0v) is 9.04. The summed E-state index contributed by atoms with van der Waals surface area (Å²) in [4.78, 5) is 7.99. The van der Waals surface area contributed by atoms with E-state index < -0.39 is 0 Å². The molecular weight excluding hydrogens is 246 g/mol. The first-order valence-corrected chi connectivity index (χ1v) is 4.79. The van der Waals surface area contributed by atoms with Crippen molar-refractivity contribution in [3.63, 3.8) is 0 Å². The Bertz CT molecular complexity index is 466. The predicted molar refractivity (Wildman–Crippen MR) is 58.1 cm³/mol. The molecule has 14 heavy (non-hydrogen) atoms. The molecule has 0 radical (unpaired) electrons. The van der Waals surface area contributed by atoms with Gasteiger partial charge in [-0.2, -0.15) is 0 Å². The van der Waals surface area contributed by atoms with Crippen LogP contribution in [0.25, 0.3) is 10.9 Å². The molecule has 1 heterocycles. The second-order valence-electron chi connectivity index (χ2n) is 2.99. The molecule has 0 fully saturated rings. The molecular formula is C9H8BrN3O. The van der Waals surface area contributed by atoms with Crippen molar-refractivity contribution >= 4 is 32.8 Å². The first-order valence-electron chi connectivity index (χ1n) is 4.00. The number of aromatic nitrogens is 2. The Morgan fingerprint density at radius 2 is 2.07 bits per heavy atom. The van der Waals surface area contributed by atoms with Crippen LogP contribution in [0.3, 0.4) is 0 Å². The van der Waals surface area contributed by atoms with Crippen molar-refractivity contribution in [3.05, 3.63) is 22.3 Å². The van der Waals surface area contributed by atoms with Gasteiger partial charge in [-0.05, 0) is 19.1 Å². The molecule has 4 nitrogen and oxygen atoms in total. The van der Waals surface area contributed by atoms with Crippen molar-refractivity contribution in [2.24, 2.45) is 0 Å². The fourth-order valence-electron chi connectivity index (χ4n) is 1.35. The molecule has 2 rings (SSSR count). The van der Waals surface area contributed by atoms with Gasteiger partial charge in [-0.15, -0.1) is 0 Å². The van der Waals surface area contributed by atoms with Crippen LogP contribution in [0.2, 0.25) is 0 Å². The molecule has 0 aliphatic rings. The molecule has 0 atom stereocenters. The van der Waals surface area contributed by atoms with Crippen LogP contribution in [0, 0.1) is 6.92 Å². The molecule has 2 aromatic rings. The van der Waals surface area contributed by atoms with E-state index in [0.29, 0.717) is 5.52 Å². The summed E-state index contributed by atoms with van der Waals surface area (Å²) in [7, 11) is 0. The Hall–Kier alpha value is -1.36. The molecule has 0 amide bonds. The highest BCUT2D eigenvalue weighted by atomic mass is 79.9. The minimum Gasteiger partial charge on any atom is -0.506 e. The third kappa shape index (κ3) is 1.39. The molecule has 72 valence electrons. The Balaban J connectivity index is 2.94. The summed E-state index contributed by atoms with van der Waals surface area (Å²) in [5.74, 6) is 0.277. The van der Waals surface area contributed by atoms with E-state index in [-0.39, 0.29) is 11.7 Å². The fourth-order valence-corrected chi connectivity index (χ4v) is 1.80. The topological polar surface area (TPSA) is 72.0 Å². The van der Waals surface area contributed by atoms with Crippen molar-refractivity contribution in [2.45, 2.75) is 6.92 Å². The number of aryl methyl sites for hydroxylation is 1. The number of phenols is 1. The summed E-state index contributed by atoms with van der Waals surface area (Å²) in [6.45, 7) is 1.83. The Kier molecular flexibility index (Phi) is 2.03. The van der Waals surface area contributed by atoms with E-state index >= 15 is 0 Å². The summed E-state index contributed by atoms with van der Waals surface area (Å²) in [6.07, 6.45) is 0. The van der Waals surface area contributed by atoms with Gasteiger partial charge in [0.1, 0.15) is 11.3 Å². The van der Waals surface area contributed by atoms with Crippen molar-refractivity contribution in [1.29, 1.82) is 0 Å². The van der Waals surface area contributed by atoms with Gasteiger partial charge in [0.05, 0.1) is 5.69 Å². The highest BCUT2D eigenvalue weighted by Gasteiger charge is 2.07. The van der Waals surface area contributed by atoms with Gasteiger partial charge >= 0.3 is 0 Å². The minimum atomic E-state index is 0.103. The SMILES string of the molecule is Cc1nc(N)nc2c(O)cc(Br)cc12.